The molecular weight excluding hydrogens is 438 g/mol. The number of aryl methyl sites for hydroxylation is 2. The average Bonchev–Trinajstić information content (AvgIpc) is 3.21. The molecule has 154 valence electrons. The van der Waals surface area contributed by atoms with Gasteiger partial charge in [0.2, 0.25) is 5.17 Å². The van der Waals surface area contributed by atoms with Gasteiger partial charge in [0.05, 0.1) is 5.57 Å². The number of nitrogens with one attached hydrogen (secondary N) is 1. The van der Waals surface area contributed by atoms with Crippen LogP contribution in [0.2, 0.25) is 5.02 Å². The van der Waals surface area contributed by atoms with Crippen LogP contribution in [0.1, 0.15) is 29.4 Å². The van der Waals surface area contributed by atoms with Crippen LogP contribution in [0.5, 0.6) is 0 Å². The zero-order valence-electron chi connectivity index (χ0n) is 17.0. The Morgan fingerprint density at radius 1 is 1.27 bits per heavy atom. The van der Waals surface area contributed by atoms with E-state index in [-0.39, 0.29) is 11.4 Å². The lowest BCUT2D eigenvalue weighted by molar-refractivity contribution is -0.114. The summed E-state index contributed by atoms with van der Waals surface area (Å²) < 4.78 is 2.88. The summed E-state index contributed by atoms with van der Waals surface area (Å²) in [7, 11) is 0. The first-order valence-corrected chi connectivity index (χ1v) is 11.6. The van der Waals surface area contributed by atoms with Crippen molar-refractivity contribution in [1.82, 2.24) is 9.58 Å². The molecule has 2 aromatic rings. The van der Waals surface area contributed by atoms with Crippen molar-refractivity contribution in [3.63, 3.8) is 0 Å². The molecule has 0 unspecified atom stereocenters. The highest BCUT2D eigenvalue weighted by molar-refractivity contribution is 8.45. The number of thioether (sulfide) groups is 2. The fourth-order valence-corrected chi connectivity index (χ4v) is 5.36. The number of carbonyl (C=O) groups is 1. The fraction of sp³-hybridized carbons (Fsp3) is 0.238. The van der Waals surface area contributed by atoms with Gasteiger partial charge in [-0.15, -0.1) is 5.10 Å². The van der Waals surface area contributed by atoms with E-state index in [0.717, 1.165) is 38.3 Å². The number of fused-ring (bicyclic) bond motifs is 1. The van der Waals surface area contributed by atoms with Crippen LogP contribution in [0, 0.1) is 26.2 Å². The van der Waals surface area contributed by atoms with Gasteiger partial charge in [-0.1, -0.05) is 36.4 Å². The number of amides is 1. The van der Waals surface area contributed by atoms with Gasteiger partial charge >= 0.3 is 0 Å². The van der Waals surface area contributed by atoms with E-state index < -0.39 is 5.91 Å². The van der Waals surface area contributed by atoms with E-state index in [1.165, 1.54) is 16.8 Å². The molecule has 0 bridgehead atoms. The van der Waals surface area contributed by atoms with Crippen molar-refractivity contribution in [1.29, 1.82) is 5.41 Å². The number of nitrogens with zero attached hydrogens (tertiary/aromatic N) is 4. The van der Waals surface area contributed by atoms with Crippen LogP contribution >= 0.6 is 35.1 Å². The summed E-state index contributed by atoms with van der Waals surface area (Å²) in [6.07, 6.45) is 1.73. The number of carbonyl (C=O) groups excluding carboxylic acids is 1. The van der Waals surface area contributed by atoms with E-state index in [1.54, 1.807) is 17.8 Å². The van der Waals surface area contributed by atoms with Crippen LogP contribution in [0.25, 0.3) is 11.8 Å². The highest BCUT2D eigenvalue weighted by Gasteiger charge is 2.35. The average molecular weight is 458 g/mol. The second-order valence-electron chi connectivity index (χ2n) is 6.91. The van der Waals surface area contributed by atoms with Gasteiger partial charge in [-0.3, -0.25) is 10.2 Å². The number of hydrogen-bond donors (Lipinski definition) is 1. The normalized spacial score (nSPS) is 17.5. The Morgan fingerprint density at radius 3 is 2.73 bits per heavy atom. The van der Waals surface area contributed by atoms with Gasteiger partial charge in [-0.25, -0.2) is 0 Å². The highest BCUT2D eigenvalue weighted by atomic mass is 35.5. The van der Waals surface area contributed by atoms with E-state index in [4.69, 9.17) is 17.0 Å². The molecule has 0 saturated heterocycles. The molecule has 2 aliphatic rings. The summed E-state index contributed by atoms with van der Waals surface area (Å²) in [6, 6.07) is 7.93. The van der Waals surface area contributed by atoms with Crippen LogP contribution in [0.3, 0.4) is 0 Å². The third kappa shape index (κ3) is 3.64. The van der Waals surface area contributed by atoms with Crippen molar-refractivity contribution >= 4 is 62.5 Å². The number of aliphatic imine (C=N–C) groups is 1. The molecular formula is C21H20ClN5OS2. The fourth-order valence-electron chi connectivity index (χ4n) is 3.36. The number of halogens is 1. The second-order valence-corrected chi connectivity index (χ2v) is 9.79. The van der Waals surface area contributed by atoms with Crippen LogP contribution in [0.15, 0.2) is 39.9 Å². The van der Waals surface area contributed by atoms with E-state index in [2.05, 4.69) is 14.7 Å². The highest BCUT2D eigenvalue weighted by Crippen LogP contribution is 2.33. The summed E-state index contributed by atoms with van der Waals surface area (Å²) in [5.74, 6) is 0.499. The molecule has 1 aromatic carbocycles. The Hall–Kier alpha value is -2.29. The van der Waals surface area contributed by atoms with E-state index in [1.807, 2.05) is 52.0 Å². The summed E-state index contributed by atoms with van der Waals surface area (Å²) in [6.45, 7) is 7.99. The molecule has 0 spiro atoms. The Morgan fingerprint density at radius 2 is 2.03 bits per heavy atom. The van der Waals surface area contributed by atoms with E-state index in [9.17, 15) is 4.79 Å². The number of aromatic nitrogens is 1. The molecule has 0 atom stereocenters. The van der Waals surface area contributed by atoms with Gasteiger partial charge < -0.3 is 4.57 Å². The molecule has 6 nitrogen and oxygen atoms in total. The maximum Gasteiger partial charge on any atom is 0.283 e. The Kier molecular flexibility index (Phi) is 5.65. The minimum absolute atomic E-state index is 0.0485. The standard InChI is InChI=1S/C21H20ClN5OS2/c1-5-29-21-25-27-18(23)16(19(28)24-20(27)30-21)9-14-8-12(3)26(13(14)4)15-7-6-11(2)17(22)10-15/h6-10,23H,5H2,1-4H3/b16-9-,23-18?. The number of rotatable bonds is 3. The molecule has 0 saturated carbocycles. The Labute approximate surface area is 188 Å². The summed E-state index contributed by atoms with van der Waals surface area (Å²) in [5, 5.41) is 15.5. The maximum atomic E-state index is 12.7. The van der Waals surface area contributed by atoms with Crippen LogP contribution in [-0.4, -0.2) is 36.6 Å². The van der Waals surface area contributed by atoms with Crippen molar-refractivity contribution in [2.24, 2.45) is 10.1 Å². The maximum absolute atomic E-state index is 12.7. The minimum Gasteiger partial charge on any atom is -0.318 e. The molecule has 30 heavy (non-hydrogen) atoms. The summed E-state index contributed by atoms with van der Waals surface area (Å²) >= 11 is 9.22. The van der Waals surface area contributed by atoms with Crippen molar-refractivity contribution in [2.75, 3.05) is 5.75 Å². The van der Waals surface area contributed by atoms with Gasteiger partial charge in [-0.05, 0) is 73.7 Å². The third-order valence-corrected chi connectivity index (χ3v) is 7.22. The van der Waals surface area contributed by atoms with Gasteiger partial charge in [0, 0.05) is 22.1 Å². The first-order chi connectivity index (χ1) is 14.3. The third-order valence-electron chi connectivity index (χ3n) is 4.89. The largest absolute Gasteiger partial charge is 0.318 e. The minimum atomic E-state index is -0.417. The second kappa shape index (κ2) is 8.09. The molecule has 2 aliphatic heterocycles. The smallest absolute Gasteiger partial charge is 0.283 e. The monoisotopic (exact) mass is 457 g/mol. The van der Waals surface area contributed by atoms with Crippen LogP contribution < -0.4 is 0 Å². The predicted octanol–water partition coefficient (Wildman–Crippen LogP) is 5.39. The van der Waals surface area contributed by atoms with Crippen molar-refractivity contribution in [2.45, 2.75) is 27.7 Å². The molecule has 0 aliphatic carbocycles. The molecule has 1 N–H and O–H groups in total. The predicted molar refractivity (Wildman–Crippen MR) is 128 cm³/mol. The number of amidine groups is 2. The first-order valence-electron chi connectivity index (χ1n) is 9.38. The Bertz CT molecular complexity index is 1180. The van der Waals surface area contributed by atoms with Crippen LogP contribution in [0.4, 0.5) is 0 Å². The number of hydrogen-bond acceptors (Lipinski definition) is 5. The Balaban J connectivity index is 1.73. The van der Waals surface area contributed by atoms with Gasteiger partial charge in [0.1, 0.15) is 0 Å². The van der Waals surface area contributed by atoms with Crippen LogP contribution in [-0.2, 0) is 4.79 Å². The molecule has 9 heteroatoms. The number of benzene rings is 1. The SMILES string of the molecule is CCSC1=NN2C(=N)/C(=C/c3cc(C)n(-c4ccc(C)c(Cl)c4)c3C)C(=O)N=C2S1. The lowest BCUT2D eigenvalue weighted by Gasteiger charge is -2.20. The number of hydrazone groups is 1. The van der Waals surface area contributed by atoms with Gasteiger partial charge in [-0.2, -0.15) is 10.0 Å². The van der Waals surface area contributed by atoms with Gasteiger partial charge in [0.15, 0.2) is 10.2 Å². The van der Waals surface area contributed by atoms with E-state index >= 15 is 0 Å². The van der Waals surface area contributed by atoms with Crippen molar-refractivity contribution in [3.8, 4) is 5.69 Å². The molecule has 0 radical (unpaired) electrons. The first kappa shape index (κ1) is 21.0. The lowest BCUT2D eigenvalue weighted by atomic mass is 10.1. The quantitative estimate of drug-likeness (QED) is 0.627. The lowest BCUT2D eigenvalue weighted by Crippen LogP contribution is -2.35. The van der Waals surface area contributed by atoms with Crippen molar-refractivity contribution in [3.05, 3.63) is 57.4 Å². The molecule has 1 aromatic heterocycles. The topological polar surface area (TPSA) is 73.8 Å². The summed E-state index contributed by atoms with van der Waals surface area (Å²) in [5.41, 5.74) is 5.02. The molecule has 0 fully saturated rings. The molecule has 3 heterocycles. The van der Waals surface area contributed by atoms with E-state index in [0.29, 0.717) is 10.2 Å². The zero-order chi connectivity index (χ0) is 21.6. The molecule has 1 amide bonds. The van der Waals surface area contributed by atoms with Gasteiger partial charge in [0.25, 0.3) is 5.91 Å². The van der Waals surface area contributed by atoms with Crippen molar-refractivity contribution < 1.29 is 4.79 Å². The molecule has 4 rings (SSSR count). The summed E-state index contributed by atoms with van der Waals surface area (Å²) in [4.78, 5) is 16.8. The zero-order valence-corrected chi connectivity index (χ0v) is 19.4.